The summed E-state index contributed by atoms with van der Waals surface area (Å²) in [4.78, 5) is 16.4. The zero-order valence-electron chi connectivity index (χ0n) is 17.6. The maximum atomic E-state index is 12.3. The number of hydrogen-bond donors (Lipinski definition) is 1. The Balaban J connectivity index is 1.31. The van der Waals surface area contributed by atoms with Gasteiger partial charge in [0.25, 0.3) is 0 Å². The summed E-state index contributed by atoms with van der Waals surface area (Å²) in [5, 5.41) is 15.9. The molecule has 0 spiro atoms. The molecule has 158 valence electrons. The summed E-state index contributed by atoms with van der Waals surface area (Å²) in [6.07, 6.45) is 7.65. The van der Waals surface area contributed by atoms with Crippen molar-refractivity contribution in [2.75, 3.05) is 26.2 Å². The first kappa shape index (κ1) is 21.4. The first-order valence-electron chi connectivity index (χ1n) is 11.1. The largest absolute Gasteiger partial charge is 0.356 e. The van der Waals surface area contributed by atoms with Crippen LogP contribution in [0.3, 0.4) is 0 Å². The Morgan fingerprint density at radius 3 is 2.79 bits per heavy atom. The highest BCUT2D eigenvalue weighted by Gasteiger charge is 2.25. The fourth-order valence-electron chi connectivity index (χ4n) is 3.81. The van der Waals surface area contributed by atoms with Gasteiger partial charge in [-0.1, -0.05) is 50.1 Å². The molecule has 7 heteroatoms. The lowest BCUT2D eigenvalue weighted by Crippen LogP contribution is -2.43. The molecule has 2 aromatic rings. The Labute approximate surface area is 173 Å². The van der Waals surface area contributed by atoms with Crippen LogP contribution in [0.2, 0.25) is 0 Å². The van der Waals surface area contributed by atoms with Crippen molar-refractivity contribution in [2.24, 2.45) is 5.92 Å². The fraction of sp³-hybridized carbons (Fsp3) is 0.636. The number of aromatic nitrogens is 4. The predicted molar refractivity (Wildman–Crippen MR) is 114 cm³/mol. The molecule has 29 heavy (non-hydrogen) atoms. The van der Waals surface area contributed by atoms with Crippen molar-refractivity contribution in [2.45, 2.75) is 58.4 Å². The van der Waals surface area contributed by atoms with E-state index in [1.807, 2.05) is 30.3 Å². The Morgan fingerprint density at radius 1 is 1.14 bits per heavy atom. The topological polar surface area (TPSA) is 75.9 Å². The first-order valence-corrected chi connectivity index (χ1v) is 11.1. The van der Waals surface area contributed by atoms with Gasteiger partial charge in [-0.3, -0.25) is 4.79 Å². The molecule has 0 radical (unpaired) electrons. The van der Waals surface area contributed by atoms with Crippen molar-refractivity contribution in [1.82, 2.24) is 30.4 Å². The van der Waals surface area contributed by atoms with Crippen molar-refractivity contribution in [3.05, 3.63) is 30.3 Å². The highest BCUT2D eigenvalue weighted by molar-refractivity contribution is 5.78. The van der Waals surface area contributed by atoms with Gasteiger partial charge in [0.2, 0.25) is 11.7 Å². The number of nitrogens with zero attached hydrogens (tertiary/aromatic N) is 5. The Kier molecular flexibility index (Phi) is 8.61. The molecule has 1 aliphatic rings. The smallest absolute Gasteiger partial charge is 0.224 e. The van der Waals surface area contributed by atoms with Crippen LogP contribution < -0.4 is 5.32 Å². The summed E-state index contributed by atoms with van der Waals surface area (Å²) >= 11 is 0. The number of unbranched alkanes of at least 4 members (excludes halogenated alkanes) is 3. The molecule has 1 aliphatic heterocycles. The van der Waals surface area contributed by atoms with E-state index in [2.05, 4.69) is 32.6 Å². The summed E-state index contributed by atoms with van der Waals surface area (Å²) in [5.74, 6) is 1.09. The van der Waals surface area contributed by atoms with Crippen molar-refractivity contribution < 1.29 is 4.79 Å². The number of likely N-dealkylation sites (tertiary alicyclic amines) is 1. The lowest BCUT2D eigenvalue weighted by molar-refractivity contribution is -0.126. The van der Waals surface area contributed by atoms with E-state index in [9.17, 15) is 4.79 Å². The minimum atomic E-state index is 0.163. The molecule has 1 saturated heterocycles. The van der Waals surface area contributed by atoms with Crippen LogP contribution in [-0.4, -0.2) is 57.2 Å². The third kappa shape index (κ3) is 6.92. The van der Waals surface area contributed by atoms with E-state index in [-0.39, 0.29) is 11.8 Å². The standard InChI is InChI=1S/C22H34N6O/c1-2-3-14-23-22(29)20-13-10-16-27(18-20)15-8-5-9-17-28-25-21(24-26-28)19-11-6-4-7-12-19/h4,6-7,11-12,20H,2-3,5,8-10,13-18H2,1H3,(H,23,29). The molecule has 1 atom stereocenters. The van der Waals surface area contributed by atoms with Crippen LogP contribution in [-0.2, 0) is 11.3 Å². The third-order valence-corrected chi connectivity index (χ3v) is 5.52. The van der Waals surface area contributed by atoms with Crippen LogP contribution in [0.25, 0.3) is 11.4 Å². The van der Waals surface area contributed by atoms with Crippen LogP contribution >= 0.6 is 0 Å². The minimum absolute atomic E-state index is 0.163. The molecular weight excluding hydrogens is 364 g/mol. The van der Waals surface area contributed by atoms with E-state index in [0.29, 0.717) is 5.82 Å². The lowest BCUT2D eigenvalue weighted by Gasteiger charge is -2.32. The monoisotopic (exact) mass is 398 g/mol. The van der Waals surface area contributed by atoms with Gasteiger partial charge in [-0.25, -0.2) is 0 Å². The number of nitrogens with one attached hydrogen (secondary N) is 1. The molecule has 0 aliphatic carbocycles. The maximum Gasteiger partial charge on any atom is 0.224 e. The van der Waals surface area contributed by atoms with E-state index < -0.39 is 0 Å². The molecule has 1 aromatic carbocycles. The van der Waals surface area contributed by atoms with Crippen LogP contribution in [0.15, 0.2) is 30.3 Å². The van der Waals surface area contributed by atoms with Gasteiger partial charge in [0.05, 0.1) is 12.5 Å². The van der Waals surface area contributed by atoms with Gasteiger partial charge in [-0.05, 0) is 50.4 Å². The van der Waals surface area contributed by atoms with E-state index in [0.717, 1.165) is 83.2 Å². The van der Waals surface area contributed by atoms with Gasteiger partial charge < -0.3 is 10.2 Å². The summed E-state index contributed by atoms with van der Waals surface area (Å²) in [6, 6.07) is 9.94. The van der Waals surface area contributed by atoms with Crippen molar-refractivity contribution in [1.29, 1.82) is 0 Å². The Hall–Kier alpha value is -2.28. The van der Waals surface area contributed by atoms with Crippen molar-refractivity contribution in [3.8, 4) is 11.4 Å². The second-order valence-corrected chi connectivity index (χ2v) is 7.92. The zero-order valence-corrected chi connectivity index (χ0v) is 17.6. The van der Waals surface area contributed by atoms with Crippen LogP contribution in [0.4, 0.5) is 0 Å². The third-order valence-electron chi connectivity index (χ3n) is 5.52. The normalized spacial score (nSPS) is 17.3. The van der Waals surface area contributed by atoms with E-state index in [1.165, 1.54) is 0 Å². The number of carbonyl (C=O) groups is 1. The number of amides is 1. The van der Waals surface area contributed by atoms with Crippen LogP contribution in [0.5, 0.6) is 0 Å². The quantitative estimate of drug-likeness (QED) is 0.589. The maximum absolute atomic E-state index is 12.3. The van der Waals surface area contributed by atoms with E-state index in [1.54, 1.807) is 4.80 Å². The summed E-state index contributed by atoms with van der Waals surface area (Å²) in [6.45, 7) is 6.84. The van der Waals surface area contributed by atoms with E-state index in [4.69, 9.17) is 0 Å². The molecular formula is C22H34N6O. The van der Waals surface area contributed by atoms with Crippen LogP contribution in [0, 0.1) is 5.92 Å². The van der Waals surface area contributed by atoms with Gasteiger partial charge >= 0.3 is 0 Å². The minimum Gasteiger partial charge on any atom is -0.356 e. The molecule has 1 N–H and O–H groups in total. The number of benzene rings is 1. The highest BCUT2D eigenvalue weighted by atomic mass is 16.1. The Bertz CT molecular complexity index is 732. The Morgan fingerprint density at radius 2 is 1.97 bits per heavy atom. The van der Waals surface area contributed by atoms with Crippen molar-refractivity contribution >= 4 is 5.91 Å². The number of tetrazole rings is 1. The van der Waals surface area contributed by atoms with Gasteiger partial charge in [0, 0.05) is 18.7 Å². The number of aryl methyl sites for hydroxylation is 1. The molecule has 0 saturated carbocycles. The van der Waals surface area contributed by atoms with Gasteiger partial charge in [0.15, 0.2) is 0 Å². The molecule has 1 aromatic heterocycles. The van der Waals surface area contributed by atoms with Gasteiger partial charge in [0.1, 0.15) is 0 Å². The first-order chi connectivity index (χ1) is 14.3. The molecule has 7 nitrogen and oxygen atoms in total. The number of hydrogen-bond acceptors (Lipinski definition) is 5. The molecule has 1 fully saturated rings. The molecule has 2 heterocycles. The van der Waals surface area contributed by atoms with Crippen molar-refractivity contribution in [3.63, 3.8) is 0 Å². The van der Waals surface area contributed by atoms with E-state index >= 15 is 0 Å². The average molecular weight is 399 g/mol. The molecule has 1 amide bonds. The molecule has 3 rings (SSSR count). The number of piperidine rings is 1. The predicted octanol–water partition coefficient (Wildman–Crippen LogP) is 3.14. The van der Waals surface area contributed by atoms with Gasteiger partial charge in [-0.2, -0.15) is 4.80 Å². The fourth-order valence-corrected chi connectivity index (χ4v) is 3.81. The SMILES string of the molecule is CCCCNC(=O)C1CCCN(CCCCCn2nnc(-c3ccccc3)n2)C1. The molecule has 0 bridgehead atoms. The summed E-state index contributed by atoms with van der Waals surface area (Å²) < 4.78 is 0. The van der Waals surface area contributed by atoms with Gasteiger partial charge in [-0.15, -0.1) is 10.2 Å². The van der Waals surface area contributed by atoms with Crippen LogP contribution in [0.1, 0.15) is 51.9 Å². The number of carbonyl (C=O) groups excluding carboxylic acids is 1. The average Bonchev–Trinajstić information content (AvgIpc) is 3.23. The second-order valence-electron chi connectivity index (χ2n) is 7.92. The summed E-state index contributed by atoms with van der Waals surface area (Å²) in [7, 11) is 0. The summed E-state index contributed by atoms with van der Waals surface area (Å²) in [5.41, 5.74) is 0.997. The zero-order chi connectivity index (χ0) is 20.3. The molecule has 1 unspecified atom stereocenters. The lowest BCUT2D eigenvalue weighted by atomic mass is 9.97. The highest BCUT2D eigenvalue weighted by Crippen LogP contribution is 2.17. The second kappa shape index (κ2) is 11.7. The number of rotatable bonds is 11.